The number of benzene rings is 2. The third kappa shape index (κ3) is 2.83. The van der Waals surface area contributed by atoms with Crippen LogP contribution in [-0.2, 0) is 13.2 Å². The van der Waals surface area contributed by atoms with Crippen LogP contribution in [0.4, 0.5) is 0 Å². The standard InChI is InChI=1S/C17H17NO2/c1-18-11-16-8-9-17(20-16)12-19-15-7-6-13-4-2-3-5-14(13)10-15/h2-10,18H,11-12H2,1H3. The zero-order valence-electron chi connectivity index (χ0n) is 11.4. The molecule has 2 aromatic carbocycles. The quantitative estimate of drug-likeness (QED) is 0.765. The van der Waals surface area contributed by atoms with Gasteiger partial charge in [0.15, 0.2) is 0 Å². The molecule has 3 nitrogen and oxygen atoms in total. The van der Waals surface area contributed by atoms with Crippen LogP contribution in [0.3, 0.4) is 0 Å². The van der Waals surface area contributed by atoms with Gasteiger partial charge in [0.25, 0.3) is 0 Å². The first-order chi connectivity index (χ1) is 9.85. The molecule has 0 spiro atoms. The van der Waals surface area contributed by atoms with Gasteiger partial charge in [0.05, 0.1) is 6.54 Å². The predicted molar refractivity (Wildman–Crippen MR) is 79.8 cm³/mol. The molecule has 1 N–H and O–H groups in total. The first-order valence-corrected chi connectivity index (χ1v) is 6.69. The fourth-order valence-electron chi connectivity index (χ4n) is 2.18. The zero-order chi connectivity index (χ0) is 13.8. The smallest absolute Gasteiger partial charge is 0.146 e. The average Bonchev–Trinajstić information content (AvgIpc) is 2.93. The lowest BCUT2D eigenvalue weighted by molar-refractivity contribution is 0.265. The third-order valence-electron chi connectivity index (χ3n) is 3.17. The van der Waals surface area contributed by atoms with E-state index in [2.05, 4.69) is 23.5 Å². The molecule has 0 atom stereocenters. The Kier molecular flexibility index (Phi) is 3.70. The minimum Gasteiger partial charge on any atom is -0.486 e. The topological polar surface area (TPSA) is 34.4 Å². The molecule has 0 saturated carbocycles. The van der Waals surface area contributed by atoms with Crippen molar-refractivity contribution in [3.63, 3.8) is 0 Å². The molecule has 0 radical (unpaired) electrons. The Bertz CT molecular complexity index is 703. The normalized spacial score (nSPS) is 10.8. The Morgan fingerprint density at radius 3 is 2.60 bits per heavy atom. The molecule has 3 aromatic rings. The van der Waals surface area contributed by atoms with Crippen molar-refractivity contribution in [3.8, 4) is 5.75 Å². The van der Waals surface area contributed by atoms with E-state index in [4.69, 9.17) is 9.15 Å². The van der Waals surface area contributed by atoms with Gasteiger partial charge >= 0.3 is 0 Å². The van der Waals surface area contributed by atoms with Crippen LogP contribution < -0.4 is 10.1 Å². The summed E-state index contributed by atoms with van der Waals surface area (Å²) in [5.41, 5.74) is 0. The Morgan fingerprint density at radius 2 is 1.75 bits per heavy atom. The van der Waals surface area contributed by atoms with Gasteiger partial charge in [-0.1, -0.05) is 30.3 Å². The SMILES string of the molecule is CNCc1ccc(COc2ccc3ccccc3c2)o1. The largest absolute Gasteiger partial charge is 0.486 e. The molecule has 0 aliphatic carbocycles. The van der Waals surface area contributed by atoms with Gasteiger partial charge in [0.1, 0.15) is 23.9 Å². The van der Waals surface area contributed by atoms with Gasteiger partial charge in [-0.2, -0.15) is 0 Å². The van der Waals surface area contributed by atoms with Gasteiger partial charge in [-0.25, -0.2) is 0 Å². The second-order valence-electron chi connectivity index (χ2n) is 4.70. The second kappa shape index (κ2) is 5.80. The Labute approximate surface area is 118 Å². The Hall–Kier alpha value is -2.26. The number of rotatable bonds is 5. The molecule has 0 aliphatic heterocycles. The number of nitrogens with one attached hydrogen (secondary N) is 1. The van der Waals surface area contributed by atoms with Crippen LogP contribution in [0.5, 0.6) is 5.75 Å². The number of fused-ring (bicyclic) bond motifs is 1. The lowest BCUT2D eigenvalue weighted by Crippen LogP contribution is -2.03. The lowest BCUT2D eigenvalue weighted by atomic mass is 10.1. The van der Waals surface area contributed by atoms with E-state index in [1.165, 1.54) is 10.8 Å². The molecular formula is C17H17NO2. The van der Waals surface area contributed by atoms with Crippen molar-refractivity contribution in [2.45, 2.75) is 13.2 Å². The first-order valence-electron chi connectivity index (χ1n) is 6.69. The van der Waals surface area contributed by atoms with E-state index in [1.54, 1.807) is 0 Å². The molecule has 0 unspecified atom stereocenters. The van der Waals surface area contributed by atoms with Crippen molar-refractivity contribution in [3.05, 3.63) is 66.1 Å². The van der Waals surface area contributed by atoms with Crippen molar-refractivity contribution in [2.75, 3.05) is 7.05 Å². The molecule has 0 amide bonds. The number of ether oxygens (including phenoxy) is 1. The third-order valence-corrected chi connectivity index (χ3v) is 3.17. The maximum absolute atomic E-state index is 5.78. The summed E-state index contributed by atoms with van der Waals surface area (Å²) in [6.45, 7) is 1.18. The molecule has 3 rings (SSSR count). The van der Waals surface area contributed by atoms with Crippen LogP contribution in [0.1, 0.15) is 11.5 Å². The fraction of sp³-hybridized carbons (Fsp3) is 0.176. The van der Waals surface area contributed by atoms with Crippen LogP contribution in [-0.4, -0.2) is 7.05 Å². The number of hydrogen-bond acceptors (Lipinski definition) is 3. The van der Waals surface area contributed by atoms with Crippen LogP contribution in [0.25, 0.3) is 10.8 Å². The van der Waals surface area contributed by atoms with Crippen molar-refractivity contribution in [2.24, 2.45) is 0 Å². The summed E-state index contributed by atoms with van der Waals surface area (Å²) in [7, 11) is 1.90. The monoisotopic (exact) mass is 267 g/mol. The van der Waals surface area contributed by atoms with Crippen LogP contribution in [0, 0.1) is 0 Å². The molecule has 0 saturated heterocycles. The van der Waals surface area contributed by atoms with Gasteiger partial charge < -0.3 is 14.5 Å². The second-order valence-corrected chi connectivity index (χ2v) is 4.70. The summed E-state index contributed by atoms with van der Waals surface area (Å²) in [6.07, 6.45) is 0. The highest BCUT2D eigenvalue weighted by Gasteiger charge is 2.03. The summed E-state index contributed by atoms with van der Waals surface area (Å²) >= 11 is 0. The molecule has 1 aromatic heterocycles. The van der Waals surface area contributed by atoms with Gasteiger partial charge in [-0.15, -0.1) is 0 Å². The van der Waals surface area contributed by atoms with E-state index in [9.17, 15) is 0 Å². The van der Waals surface area contributed by atoms with Crippen LogP contribution in [0.15, 0.2) is 59.0 Å². The van der Waals surface area contributed by atoms with E-state index in [0.717, 1.165) is 23.8 Å². The number of furan rings is 1. The molecule has 1 heterocycles. The molecule has 102 valence electrons. The number of hydrogen-bond donors (Lipinski definition) is 1. The highest BCUT2D eigenvalue weighted by atomic mass is 16.5. The fourth-order valence-corrected chi connectivity index (χ4v) is 2.18. The van der Waals surface area contributed by atoms with Crippen molar-refractivity contribution >= 4 is 10.8 Å². The van der Waals surface area contributed by atoms with Crippen molar-refractivity contribution in [1.29, 1.82) is 0 Å². The molecular weight excluding hydrogens is 250 g/mol. The summed E-state index contributed by atoms with van der Waals surface area (Å²) < 4.78 is 11.4. The first kappa shape index (κ1) is 12.8. The van der Waals surface area contributed by atoms with Gasteiger partial charge in [-0.3, -0.25) is 0 Å². The highest BCUT2D eigenvalue weighted by molar-refractivity contribution is 5.83. The summed E-state index contributed by atoms with van der Waals surface area (Å²) in [5.74, 6) is 2.61. The average molecular weight is 267 g/mol. The van der Waals surface area contributed by atoms with Crippen LogP contribution in [0.2, 0.25) is 0 Å². The maximum Gasteiger partial charge on any atom is 0.146 e. The Balaban J connectivity index is 1.69. The predicted octanol–water partition coefficient (Wildman–Crippen LogP) is 3.73. The minimum atomic E-state index is 0.446. The van der Waals surface area contributed by atoms with E-state index >= 15 is 0 Å². The summed E-state index contributed by atoms with van der Waals surface area (Å²) in [5, 5.41) is 5.45. The summed E-state index contributed by atoms with van der Waals surface area (Å²) in [4.78, 5) is 0. The minimum absolute atomic E-state index is 0.446. The molecule has 20 heavy (non-hydrogen) atoms. The van der Waals surface area contributed by atoms with Gasteiger partial charge in [0, 0.05) is 0 Å². The highest BCUT2D eigenvalue weighted by Crippen LogP contribution is 2.21. The Morgan fingerprint density at radius 1 is 0.950 bits per heavy atom. The zero-order valence-corrected chi connectivity index (χ0v) is 11.4. The molecule has 0 fully saturated rings. The van der Waals surface area contributed by atoms with Gasteiger partial charge in [-0.05, 0) is 42.1 Å². The van der Waals surface area contributed by atoms with Crippen LogP contribution >= 0.6 is 0 Å². The van der Waals surface area contributed by atoms with E-state index in [-0.39, 0.29) is 0 Å². The lowest BCUT2D eigenvalue weighted by Gasteiger charge is -2.05. The molecule has 3 heteroatoms. The molecule has 0 bridgehead atoms. The maximum atomic E-state index is 5.78. The van der Waals surface area contributed by atoms with Crippen molar-refractivity contribution in [1.82, 2.24) is 5.32 Å². The van der Waals surface area contributed by atoms with Gasteiger partial charge in [0.2, 0.25) is 0 Å². The molecule has 0 aliphatic rings. The summed E-state index contributed by atoms with van der Waals surface area (Å²) in [6, 6.07) is 18.3. The van der Waals surface area contributed by atoms with E-state index < -0.39 is 0 Å². The van der Waals surface area contributed by atoms with E-state index in [0.29, 0.717) is 6.61 Å². The van der Waals surface area contributed by atoms with E-state index in [1.807, 2.05) is 43.4 Å². The van der Waals surface area contributed by atoms with Crippen molar-refractivity contribution < 1.29 is 9.15 Å².